The zero-order chi connectivity index (χ0) is 15.2. The first-order valence-electron chi connectivity index (χ1n) is 7.25. The normalized spacial score (nSPS) is 11.1. The number of benzene rings is 2. The Bertz CT molecular complexity index is 596. The van der Waals surface area contributed by atoms with Crippen LogP contribution in [0.3, 0.4) is 0 Å². The second kappa shape index (κ2) is 8.02. The Kier molecular flexibility index (Phi) is 6.34. The quantitative estimate of drug-likeness (QED) is 0.675. The van der Waals surface area contributed by atoms with E-state index < -0.39 is 0 Å². The summed E-state index contributed by atoms with van der Waals surface area (Å²) in [6.07, 6.45) is 0. The molecule has 2 rings (SSSR count). The highest BCUT2D eigenvalue weighted by Gasteiger charge is 2.06. The van der Waals surface area contributed by atoms with E-state index in [9.17, 15) is 0 Å². The van der Waals surface area contributed by atoms with Crippen molar-refractivity contribution in [2.45, 2.75) is 44.0 Å². The minimum atomic E-state index is 0.499. The summed E-state index contributed by atoms with van der Waals surface area (Å²) in [6.45, 7) is 7.41. The summed E-state index contributed by atoms with van der Waals surface area (Å²) in [5.74, 6) is 1.01. The Hall–Kier alpha value is -0.770. The standard InChI is InChI=1S/C18H22BrNS/c1-13(2)20-11-16-10-17(19)7-8-18(16)21-12-15-6-4-5-14(3)9-15/h4-10,13,20H,11-12H2,1-3H3. The molecule has 0 aliphatic rings. The monoisotopic (exact) mass is 363 g/mol. The van der Waals surface area contributed by atoms with Gasteiger partial charge < -0.3 is 5.32 Å². The van der Waals surface area contributed by atoms with Crippen LogP contribution < -0.4 is 5.32 Å². The lowest BCUT2D eigenvalue weighted by atomic mass is 10.2. The number of nitrogens with one attached hydrogen (secondary N) is 1. The predicted octanol–water partition coefficient (Wildman–Crippen LogP) is 5.55. The van der Waals surface area contributed by atoms with Crippen LogP contribution in [0.15, 0.2) is 51.8 Å². The molecule has 0 aliphatic carbocycles. The zero-order valence-electron chi connectivity index (χ0n) is 12.8. The number of thioether (sulfide) groups is 1. The molecule has 0 aromatic heterocycles. The Morgan fingerprint density at radius 1 is 1.14 bits per heavy atom. The highest BCUT2D eigenvalue weighted by Crippen LogP contribution is 2.29. The predicted molar refractivity (Wildman–Crippen MR) is 96.9 cm³/mol. The molecular weight excluding hydrogens is 342 g/mol. The third-order valence-electron chi connectivity index (χ3n) is 3.20. The van der Waals surface area contributed by atoms with Crippen LogP contribution in [0.5, 0.6) is 0 Å². The van der Waals surface area contributed by atoms with Crippen LogP contribution in [0.4, 0.5) is 0 Å². The zero-order valence-corrected chi connectivity index (χ0v) is 15.2. The van der Waals surface area contributed by atoms with Gasteiger partial charge in [-0.05, 0) is 36.2 Å². The van der Waals surface area contributed by atoms with E-state index in [2.05, 4.69) is 84.5 Å². The maximum atomic E-state index is 3.57. The van der Waals surface area contributed by atoms with Crippen LogP contribution in [0, 0.1) is 6.92 Å². The van der Waals surface area contributed by atoms with E-state index in [0.717, 1.165) is 16.8 Å². The first-order chi connectivity index (χ1) is 10.0. The van der Waals surface area contributed by atoms with E-state index in [1.54, 1.807) is 0 Å². The molecule has 0 spiro atoms. The number of hydrogen-bond donors (Lipinski definition) is 1. The van der Waals surface area contributed by atoms with Crippen molar-refractivity contribution in [2.24, 2.45) is 0 Å². The van der Waals surface area contributed by atoms with Gasteiger partial charge in [0.1, 0.15) is 0 Å². The molecule has 3 heteroatoms. The van der Waals surface area contributed by atoms with Crippen LogP contribution >= 0.6 is 27.7 Å². The van der Waals surface area contributed by atoms with E-state index in [1.165, 1.54) is 21.6 Å². The summed E-state index contributed by atoms with van der Waals surface area (Å²) in [4.78, 5) is 1.35. The Labute approximate surface area is 140 Å². The van der Waals surface area contributed by atoms with Crippen molar-refractivity contribution in [2.75, 3.05) is 0 Å². The van der Waals surface area contributed by atoms with E-state index in [-0.39, 0.29) is 0 Å². The fraction of sp³-hybridized carbons (Fsp3) is 0.333. The van der Waals surface area contributed by atoms with Gasteiger partial charge in [-0.15, -0.1) is 11.8 Å². The fourth-order valence-corrected chi connectivity index (χ4v) is 3.50. The average molecular weight is 364 g/mol. The van der Waals surface area contributed by atoms with Crippen molar-refractivity contribution in [1.29, 1.82) is 0 Å². The van der Waals surface area contributed by atoms with Gasteiger partial charge in [0, 0.05) is 27.7 Å². The van der Waals surface area contributed by atoms with Gasteiger partial charge in [-0.1, -0.05) is 59.6 Å². The van der Waals surface area contributed by atoms with Gasteiger partial charge >= 0.3 is 0 Å². The second-order valence-corrected chi connectivity index (χ2v) is 7.50. The van der Waals surface area contributed by atoms with Gasteiger partial charge in [0.25, 0.3) is 0 Å². The molecule has 21 heavy (non-hydrogen) atoms. The fourth-order valence-electron chi connectivity index (χ4n) is 2.10. The van der Waals surface area contributed by atoms with Gasteiger partial charge in [0.05, 0.1) is 0 Å². The topological polar surface area (TPSA) is 12.0 Å². The summed E-state index contributed by atoms with van der Waals surface area (Å²) in [6, 6.07) is 15.8. The minimum Gasteiger partial charge on any atom is -0.310 e. The molecule has 1 N–H and O–H groups in total. The van der Waals surface area contributed by atoms with E-state index in [0.29, 0.717) is 6.04 Å². The molecule has 0 atom stereocenters. The molecule has 0 fully saturated rings. The van der Waals surface area contributed by atoms with Crippen molar-refractivity contribution in [3.8, 4) is 0 Å². The van der Waals surface area contributed by atoms with Crippen molar-refractivity contribution < 1.29 is 0 Å². The number of rotatable bonds is 6. The third-order valence-corrected chi connectivity index (χ3v) is 4.88. The van der Waals surface area contributed by atoms with Gasteiger partial charge in [-0.25, -0.2) is 0 Å². The Morgan fingerprint density at radius 3 is 2.67 bits per heavy atom. The van der Waals surface area contributed by atoms with Crippen LogP contribution in [0.25, 0.3) is 0 Å². The second-order valence-electron chi connectivity index (χ2n) is 5.57. The maximum absolute atomic E-state index is 3.57. The molecule has 0 amide bonds. The molecule has 0 radical (unpaired) electrons. The molecular formula is C18H22BrNS. The van der Waals surface area contributed by atoms with Gasteiger partial charge in [0.2, 0.25) is 0 Å². The summed E-state index contributed by atoms with van der Waals surface area (Å²) < 4.78 is 1.14. The lowest BCUT2D eigenvalue weighted by Gasteiger charge is -2.13. The van der Waals surface area contributed by atoms with Gasteiger partial charge in [-0.3, -0.25) is 0 Å². The third kappa shape index (κ3) is 5.50. The van der Waals surface area contributed by atoms with E-state index >= 15 is 0 Å². The lowest BCUT2D eigenvalue weighted by molar-refractivity contribution is 0.584. The van der Waals surface area contributed by atoms with Crippen LogP contribution in [0.1, 0.15) is 30.5 Å². The SMILES string of the molecule is Cc1cccc(CSc2ccc(Br)cc2CNC(C)C)c1. The molecule has 0 saturated heterocycles. The van der Waals surface area contributed by atoms with Crippen LogP contribution in [0.2, 0.25) is 0 Å². The minimum absolute atomic E-state index is 0.499. The molecule has 0 heterocycles. The van der Waals surface area contributed by atoms with E-state index in [4.69, 9.17) is 0 Å². The molecule has 112 valence electrons. The van der Waals surface area contributed by atoms with Crippen molar-refractivity contribution in [3.05, 3.63) is 63.6 Å². The molecule has 0 bridgehead atoms. The molecule has 2 aromatic carbocycles. The van der Waals surface area contributed by atoms with Gasteiger partial charge in [-0.2, -0.15) is 0 Å². The summed E-state index contributed by atoms with van der Waals surface area (Å²) in [5, 5.41) is 3.50. The first-order valence-corrected chi connectivity index (χ1v) is 9.02. The van der Waals surface area contributed by atoms with Gasteiger partial charge in [0.15, 0.2) is 0 Å². The smallest absolute Gasteiger partial charge is 0.0232 e. The Morgan fingerprint density at radius 2 is 1.95 bits per heavy atom. The van der Waals surface area contributed by atoms with Crippen LogP contribution in [-0.2, 0) is 12.3 Å². The van der Waals surface area contributed by atoms with E-state index in [1.807, 2.05) is 11.8 Å². The molecule has 1 nitrogen and oxygen atoms in total. The summed E-state index contributed by atoms with van der Waals surface area (Å²) in [5.41, 5.74) is 4.06. The van der Waals surface area contributed by atoms with Crippen molar-refractivity contribution in [3.63, 3.8) is 0 Å². The number of hydrogen-bond acceptors (Lipinski definition) is 2. The highest BCUT2D eigenvalue weighted by atomic mass is 79.9. The van der Waals surface area contributed by atoms with Crippen LogP contribution in [-0.4, -0.2) is 6.04 Å². The van der Waals surface area contributed by atoms with Crippen molar-refractivity contribution in [1.82, 2.24) is 5.32 Å². The first kappa shape index (κ1) is 16.6. The molecule has 0 unspecified atom stereocenters. The summed E-state index contributed by atoms with van der Waals surface area (Å²) >= 11 is 5.48. The molecule has 2 aromatic rings. The molecule has 0 aliphatic heterocycles. The number of halogens is 1. The van der Waals surface area contributed by atoms with Crippen molar-refractivity contribution >= 4 is 27.7 Å². The average Bonchev–Trinajstić information content (AvgIpc) is 2.44. The lowest BCUT2D eigenvalue weighted by Crippen LogP contribution is -2.22. The number of aryl methyl sites for hydroxylation is 1. The maximum Gasteiger partial charge on any atom is 0.0232 e. The highest BCUT2D eigenvalue weighted by molar-refractivity contribution is 9.10. The largest absolute Gasteiger partial charge is 0.310 e. The summed E-state index contributed by atoms with van der Waals surface area (Å²) in [7, 11) is 0. The Balaban J connectivity index is 2.08. The molecule has 0 saturated carbocycles.